The molecule has 0 saturated heterocycles. The summed E-state index contributed by atoms with van der Waals surface area (Å²) in [5.41, 5.74) is 6.07. The van der Waals surface area contributed by atoms with Crippen LogP contribution in [-0.4, -0.2) is 23.0 Å². The number of amides is 1. The van der Waals surface area contributed by atoms with Crippen LogP contribution in [0.2, 0.25) is 0 Å². The molecule has 0 radical (unpaired) electrons. The van der Waals surface area contributed by atoms with E-state index in [1.54, 1.807) is 0 Å². The molecule has 4 heteroatoms. The van der Waals surface area contributed by atoms with Crippen molar-refractivity contribution in [2.45, 2.75) is 17.2 Å². The summed E-state index contributed by atoms with van der Waals surface area (Å²) >= 11 is 6.51. The number of benzene rings is 2. The second-order valence-corrected chi connectivity index (χ2v) is 5.41. The molecule has 0 aromatic heterocycles. The lowest BCUT2D eigenvalue weighted by atomic mass is 9.70. The van der Waals surface area contributed by atoms with Crippen molar-refractivity contribution in [1.82, 2.24) is 0 Å². The minimum atomic E-state index is -1.16. The zero-order chi connectivity index (χ0) is 15.3. The number of carbonyl (C=O) groups is 1. The first-order valence-corrected chi connectivity index (χ1v) is 7.23. The Balaban J connectivity index is 2.69. The van der Waals surface area contributed by atoms with Gasteiger partial charge in [0.2, 0.25) is 5.91 Å². The van der Waals surface area contributed by atoms with E-state index in [-0.39, 0.29) is 13.0 Å². The van der Waals surface area contributed by atoms with Gasteiger partial charge in [-0.15, -0.1) is 11.6 Å². The number of rotatable bonds is 6. The van der Waals surface area contributed by atoms with Gasteiger partial charge in [-0.2, -0.15) is 0 Å². The van der Waals surface area contributed by atoms with Gasteiger partial charge in [0.15, 0.2) is 0 Å². The Bertz CT molecular complexity index is 547. The van der Waals surface area contributed by atoms with Crippen LogP contribution in [0.4, 0.5) is 0 Å². The van der Waals surface area contributed by atoms with E-state index in [0.29, 0.717) is 0 Å². The second-order valence-electron chi connectivity index (χ2n) is 4.88. The van der Waals surface area contributed by atoms with E-state index in [9.17, 15) is 9.90 Å². The number of hydrogen-bond donors (Lipinski definition) is 2. The van der Waals surface area contributed by atoms with Gasteiger partial charge in [0.1, 0.15) is 5.41 Å². The Hall–Kier alpha value is -1.84. The van der Waals surface area contributed by atoms with Crippen molar-refractivity contribution >= 4 is 17.5 Å². The molecule has 3 nitrogen and oxygen atoms in total. The van der Waals surface area contributed by atoms with Gasteiger partial charge < -0.3 is 10.8 Å². The van der Waals surface area contributed by atoms with Gasteiger partial charge in [0.25, 0.3) is 0 Å². The van der Waals surface area contributed by atoms with Crippen LogP contribution in [0, 0.1) is 0 Å². The van der Waals surface area contributed by atoms with E-state index in [4.69, 9.17) is 17.3 Å². The quantitative estimate of drug-likeness (QED) is 0.805. The fourth-order valence-electron chi connectivity index (χ4n) is 2.70. The molecule has 2 aromatic carbocycles. The predicted molar refractivity (Wildman–Crippen MR) is 84.2 cm³/mol. The van der Waals surface area contributed by atoms with Gasteiger partial charge in [-0.25, -0.2) is 0 Å². The molecule has 0 fully saturated rings. The monoisotopic (exact) mass is 303 g/mol. The molecule has 0 aliphatic heterocycles. The summed E-state index contributed by atoms with van der Waals surface area (Å²) in [5.74, 6) is -0.520. The van der Waals surface area contributed by atoms with E-state index >= 15 is 0 Å². The van der Waals surface area contributed by atoms with Gasteiger partial charge in [-0.05, 0) is 17.5 Å². The first kappa shape index (κ1) is 15.5. The van der Waals surface area contributed by atoms with Crippen molar-refractivity contribution in [2.75, 3.05) is 6.61 Å². The van der Waals surface area contributed by atoms with Crippen molar-refractivity contribution in [3.8, 4) is 0 Å². The van der Waals surface area contributed by atoms with Crippen LogP contribution in [0.5, 0.6) is 0 Å². The van der Waals surface area contributed by atoms with Crippen molar-refractivity contribution in [2.24, 2.45) is 5.73 Å². The average molecular weight is 304 g/mol. The van der Waals surface area contributed by atoms with E-state index in [2.05, 4.69) is 0 Å². The molecule has 1 unspecified atom stereocenters. The summed E-state index contributed by atoms with van der Waals surface area (Å²) in [6.07, 6.45) is 0.272. The lowest BCUT2D eigenvalue weighted by Crippen LogP contribution is -2.49. The van der Waals surface area contributed by atoms with E-state index < -0.39 is 16.7 Å². The van der Waals surface area contributed by atoms with E-state index in [1.165, 1.54) is 0 Å². The van der Waals surface area contributed by atoms with E-state index in [0.717, 1.165) is 11.1 Å². The zero-order valence-corrected chi connectivity index (χ0v) is 12.3. The number of alkyl halides is 1. The molecule has 0 bridgehead atoms. The molecule has 0 saturated carbocycles. The Labute approximate surface area is 129 Å². The number of aliphatic hydroxyl groups is 1. The highest BCUT2D eigenvalue weighted by Crippen LogP contribution is 2.39. The Morgan fingerprint density at radius 3 is 1.81 bits per heavy atom. The van der Waals surface area contributed by atoms with Crippen molar-refractivity contribution < 1.29 is 9.90 Å². The average Bonchev–Trinajstić information content (AvgIpc) is 2.50. The third kappa shape index (κ3) is 2.80. The third-order valence-corrected chi connectivity index (χ3v) is 4.24. The van der Waals surface area contributed by atoms with Crippen molar-refractivity contribution in [1.29, 1.82) is 0 Å². The Morgan fingerprint density at radius 2 is 1.48 bits per heavy atom. The van der Waals surface area contributed by atoms with Crippen LogP contribution in [0.15, 0.2) is 60.7 Å². The SMILES string of the molecule is NC(=O)C(c1ccccc1)(c1ccccc1)C(Cl)CCO. The van der Waals surface area contributed by atoms with Crippen LogP contribution < -0.4 is 5.73 Å². The van der Waals surface area contributed by atoms with Crippen LogP contribution in [-0.2, 0) is 10.2 Å². The third-order valence-electron chi connectivity index (χ3n) is 3.70. The fraction of sp³-hybridized carbons (Fsp3) is 0.235. The van der Waals surface area contributed by atoms with Crippen LogP contribution in [0.3, 0.4) is 0 Å². The summed E-state index contributed by atoms with van der Waals surface area (Å²) in [5, 5.41) is 8.60. The second kappa shape index (κ2) is 6.74. The topological polar surface area (TPSA) is 63.3 Å². The normalized spacial score (nSPS) is 12.9. The van der Waals surface area contributed by atoms with Crippen molar-refractivity contribution in [3.63, 3.8) is 0 Å². The summed E-state index contributed by atoms with van der Waals surface area (Å²) < 4.78 is 0. The van der Waals surface area contributed by atoms with Crippen molar-refractivity contribution in [3.05, 3.63) is 71.8 Å². The summed E-state index contributed by atoms with van der Waals surface area (Å²) in [7, 11) is 0. The van der Waals surface area contributed by atoms with Gasteiger partial charge in [0.05, 0.1) is 5.38 Å². The smallest absolute Gasteiger partial charge is 0.234 e. The number of aliphatic hydroxyl groups excluding tert-OH is 1. The van der Waals surface area contributed by atoms with Crippen LogP contribution >= 0.6 is 11.6 Å². The molecule has 21 heavy (non-hydrogen) atoms. The molecule has 0 aliphatic carbocycles. The Morgan fingerprint density at radius 1 is 1.05 bits per heavy atom. The molecule has 0 spiro atoms. The lowest BCUT2D eigenvalue weighted by molar-refractivity contribution is -0.122. The largest absolute Gasteiger partial charge is 0.396 e. The first-order valence-electron chi connectivity index (χ1n) is 6.80. The number of nitrogens with two attached hydrogens (primary N) is 1. The molecule has 3 N–H and O–H groups in total. The number of hydrogen-bond acceptors (Lipinski definition) is 2. The molecule has 2 rings (SSSR count). The Kier molecular flexibility index (Phi) is 4.99. The summed E-state index contributed by atoms with van der Waals surface area (Å²) in [6, 6.07) is 18.5. The summed E-state index contributed by atoms with van der Waals surface area (Å²) in [4.78, 5) is 12.4. The highest BCUT2D eigenvalue weighted by molar-refractivity contribution is 6.24. The van der Waals surface area contributed by atoms with E-state index in [1.807, 2.05) is 60.7 Å². The van der Waals surface area contributed by atoms with Crippen LogP contribution in [0.1, 0.15) is 17.5 Å². The molecular formula is C17H18ClNO2. The maximum atomic E-state index is 12.4. The molecule has 1 atom stereocenters. The summed E-state index contributed by atoms with van der Waals surface area (Å²) in [6.45, 7) is -0.108. The zero-order valence-electron chi connectivity index (χ0n) is 11.6. The molecule has 110 valence electrons. The number of primary amides is 1. The molecule has 0 aliphatic rings. The molecule has 0 heterocycles. The van der Waals surface area contributed by atoms with Gasteiger partial charge in [-0.3, -0.25) is 4.79 Å². The van der Waals surface area contributed by atoms with Gasteiger partial charge >= 0.3 is 0 Å². The molecule has 2 aromatic rings. The highest BCUT2D eigenvalue weighted by atomic mass is 35.5. The maximum Gasteiger partial charge on any atom is 0.234 e. The highest BCUT2D eigenvalue weighted by Gasteiger charge is 2.46. The fourth-order valence-corrected chi connectivity index (χ4v) is 3.16. The van der Waals surface area contributed by atoms with Gasteiger partial charge in [-0.1, -0.05) is 60.7 Å². The standard InChI is InChI=1S/C17H18ClNO2/c18-15(11-12-20)17(16(19)21,13-7-3-1-4-8-13)14-9-5-2-6-10-14/h1-10,15,20H,11-12H2,(H2,19,21). The predicted octanol–water partition coefficient (Wildman–Crippen LogP) is 2.45. The minimum Gasteiger partial charge on any atom is -0.396 e. The van der Waals surface area contributed by atoms with Crippen LogP contribution in [0.25, 0.3) is 0 Å². The van der Waals surface area contributed by atoms with Gasteiger partial charge in [0, 0.05) is 6.61 Å². The maximum absolute atomic E-state index is 12.4. The first-order chi connectivity index (χ1) is 10.1. The minimum absolute atomic E-state index is 0.108. The number of halogens is 1. The lowest BCUT2D eigenvalue weighted by Gasteiger charge is -2.36. The number of carbonyl (C=O) groups excluding carboxylic acids is 1. The molecule has 1 amide bonds. The molecular weight excluding hydrogens is 286 g/mol.